The number of nitrogens with one attached hydrogen (secondary N) is 1. The maximum Gasteiger partial charge on any atom is 0.410 e. The van der Waals surface area contributed by atoms with E-state index in [4.69, 9.17) is 4.74 Å². The second-order valence-corrected chi connectivity index (χ2v) is 7.52. The number of carbonyl (C=O) groups is 1. The highest BCUT2D eigenvalue weighted by Gasteiger charge is 2.30. The zero-order chi connectivity index (χ0) is 19.4. The van der Waals surface area contributed by atoms with Gasteiger partial charge in [-0.25, -0.2) is 9.89 Å². The summed E-state index contributed by atoms with van der Waals surface area (Å²) >= 11 is 0. The Bertz CT molecular complexity index is 839. The number of rotatable bonds is 6. The van der Waals surface area contributed by atoms with E-state index in [1.807, 2.05) is 24.8 Å². The molecule has 1 unspecified atom stereocenters. The minimum absolute atomic E-state index is 0.124. The van der Waals surface area contributed by atoms with E-state index in [9.17, 15) is 9.59 Å². The second-order valence-electron chi connectivity index (χ2n) is 7.52. The van der Waals surface area contributed by atoms with Crippen molar-refractivity contribution in [3.05, 3.63) is 51.8 Å². The lowest BCUT2D eigenvalue weighted by molar-refractivity contribution is 0.0783. The largest absolute Gasteiger partial charge is 0.449 e. The monoisotopic (exact) mass is 369 g/mol. The molecule has 1 aliphatic rings. The van der Waals surface area contributed by atoms with Crippen molar-refractivity contribution < 1.29 is 9.53 Å². The smallest absolute Gasteiger partial charge is 0.410 e. The fourth-order valence-corrected chi connectivity index (χ4v) is 3.46. The van der Waals surface area contributed by atoms with Crippen LogP contribution in [0.2, 0.25) is 0 Å². The van der Waals surface area contributed by atoms with Gasteiger partial charge in [-0.1, -0.05) is 32.9 Å². The molecule has 1 aromatic heterocycles. The fraction of sp³-hybridized carbons (Fsp3) is 0.476. The van der Waals surface area contributed by atoms with Gasteiger partial charge >= 0.3 is 6.09 Å². The third-order valence-corrected chi connectivity index (χ3v) is 4.77. The van der Waals surface area contributed by atoms with Crippen molar-refractivity contribution in [3.8, 4) is 11.3 Å². The quantitative estimate of drug-likeness (QED) is 0.847. The zero-order valence-corrected chi connectivity index (χ0v) is 16.2. The first-order valence-electron chi connectivity index (χ1n) is 9.59. The van der Waals surface area contributed by atoms with Crippen LogP contribution in [-0.2, 0) is 17.6 Å². The number of ether oxygens (including phenoxy) is 1. The highest BCUT2D eigenvalue weighted by atomic mass is 16.6. The number of nitrogens with zero attached hydrogens (tertiary/aromatic N) is 2. The number of H-pyrrole nitrogens is 1. The van der Waals surface area contributed by atoms with Crippen molar-refractivity contribution in [2.75, 3.05) is 13.2 Å². The van der Waals surface area contributed by atoms with Crippen molar-refractivity contribution in [2.45, 2.75) is 46.1 Å². The van der Waals surface area contributed by atoms with Gasteiger partial charge in [0, 0.05) is 24.2 Å². The Labute approximate surface area is 159 Å². The first kappa shape index (κ1) is 19.1. The van der Waals surface area contributed by atoms with Crippen molar-refractivity contribution >= 4 is 6.09 Å². The number of amides is 1. The lowest BCUT2D eigenvalue weighted by Gasteiger charge is -2.28. The molecule has 1 amide bonds. The minimum Gasteiger partial charge on any atom is -0.449 e. The number of fused-ring (bicyclic) bond motifs is 1. The lowest BCUT2D eigenvalue weighted by Crippen LogP contribution is -2.42. The molecular weight excluding hydrogens is 342 g/mol. The van der Waals surface area contributed by atoms with Crippen molar-refractivity contribution in [3.63, 3.8) is 0 Å². The molecule has 0 saturated carbocycles. The highest BCUT2D eigenvalue weighted by Crippen LogP contribution is 2.30. The van der Waals surface area contributed by atoms with E-state index in [2.05, 4.69) is 29.3 Å². The van der Waals surface area contributed by atoms with Gasteiger partial charge in [0.2, 0.25) is 0 Å². The summed E-state index contributed by atoms with van der Waals surface area (Å²) in [5.74, 6) is 0.325. The fourth-order valence-electron chi connectivity index (χ4n) is 3.46. The molecule has 6 heteroatoms. The highest BCUT2D eigenvalue weighted by molar-refractivity contribution is 5.69. The molecule has 0 spiro atoms. The van der Waals surface area contributed by atoms with E-state index in [1.54, 1.807) is 6.07 Å². The molecule has 144 valence electrons. The average Bonchev–Trinajstić information content (AvgIpc) is 3.07. The maximum absolute atomic E-state index is 12.6. The van der Waals surface area contributed by atoms with Crippen LogP contribution in [0.3, 0.4) is 0 Å². The number of benzene rings is 1. The van der Waals surface area contributed by atoms with E-state index in [-0.39, 0.29) is 17.7 Å². The van der Waals surface area contributed by atoms with E-state index >= 15 is 0 Å². The Morgan fingerprint density at radius 2 is 2.04 bits per heavy atom. The summed E-state index contributed by atoms with van der Waals surface area (Å²) in [4.78, 5) is 25.6. The third-order valence-electron chi connectivity index (χ3n) is 4.77. The first-order chi connectivity index (χ1) is 13.0. The number of aromatic nitrogens is 2. The Morgan fingerprint density at radius 3 is 2.70 bits per heavy atom. The molecule has 2 aromatic rings. The molecule has 0 saturated heterocycles. The van der Waals surface area contributed by atoms with Crippen LogP contribution < -0.4 is 5.56 Å². The summed E-state index contributed by atoms with van der Waals surface area (Å²) in [6.45, 7) is 7.29. The molecule has 6 nitrogen and oxygen atoms in total. The molecule has 1 aliphatic carbocycles. The summed E-state index contributed by atoms with van der Waals surface area (Å²) in [6.07, 6.45) is 2.33. The van der Waals surface area contributed by atoms with Crippen molar-refractivity contribution in [1.82, 2.24) is 15.1 Å². The summed E-state index contributed by atoms with van der Waals surface area (Å²) in [5, 5.41) is 6.58. The standard InChI is InChI=1S/C21H27N3O3/c1-4-9-24(21(26)27-13-14(2)3)18-11-15-5-6-16(10-17(15)12-18)19-7-8-20(25)23-22-19/h5-8,10,14,18H,4,9,11-13H2,1-3H3,(H,23,25). The SMILES string of the molecule is CCCN(C(=O)OCC(C)C)C1Cc2ccc(-c3ccc(=O)[nH]n3)cc2C1. The third kappa shape index (κ3) is 4.56. The summed E-state index contributed by atoms with van der Waals surface area (Å²) in [7, 11) is 0. The molecule has 0 bridgehead atoms. The molecule has 3 rings (SSSR count). The Balaban J connectivity index is 1.75. The van der Waals surface area contributed by atoms with Crippen LogP contribution in [0.25, 0.3) is 11.3 Å². The minimum atomic E-state index is -0.217. The maximum atomic E-state index is 12.6. The number of carbonyl (C=O) groups excluding carboxylic acids is 1. The van der Waals surface area contributed by atoms with Crippen molar-refractivity contribution in [1.29, 1.82) is 0 Å². The van der Waals surface area contributed by atoms with Crippen molar-refractivity contribution in [2.24, 2.45) is 5.92 Å². The topological polar surface area (TPSA) is 75.3 Å². The van der Waals surface area contributed by atoms with Gasteiger partial charge < -0.3 is 9.64 Å². The Hall–Kier alpha value is -2.63. The predicted molar refractivity (Wildman–Crippen MR) is 105 cm³/mol. The van der Waals surface area contributed by atoms with Crippen LogP contribution in [0.4, 0.5) is 4.79 Å². The van der Waals surface area contributed by atoms with Gasteiger partial charge in [0.15, 0.2) is 0 Å². The van der Waals surface area contributed by atoms with Crippen LogP contribution in [0.1, 0.15) is 38.3 Å². The number of aromatic amines is 1. The molecule has 1 atom stereocenters. The van der Waals surface area contributed by atoms with Gasteiger partial charge in [-0.3, -0.25) is 4.79 Å². The molecule has 0 aliphatic heterocycles. The summed E-state index contributed by atoms with van der Waals surface area (Å²) < 4.78 is 5.48. The van der Waals surface area contributed by atoms with Crippen LogP contribution in [0, 0.1) is 5.92 Å². The second kappa shape index (κ2) is 8.37. The molecule has 1 N–H and O–H groups in total. The van der Waals surface area contributed by atoms with Crippen LogP contribution >= 0.6 is 0 Å². The van der Waals surface area contributed by atoms with Crippen LogP contribution in [0.5, 0.6) is 0 Å². The zero-order valence-electron chi connectivity index (χ0n) is 16.2. The summed E-state index contributed by atoms with van der Waals surface area (Å²) in [5.41, 5.74) is 3.97. The molecule has 1 aromatic carbocycles. The lowest BCUT2D eigenvalue weighted by atomic mass is 10.0. The molecule has 27 heavy (non-hydrogen) atoms. The van der Waals surface area contributed by atoms with E-state index in [0.29, 0.717) is 19.1 Å². The molecule has 0 fully saturated rings. The molecule has 1 heterocycles. The first-order valence-corrected chi connectivity index (χ1v) is 9.59. The predicted octanol–water partition coefficient (Wildman–Crippen LogP) is 3.41. The average molecular weight is 369 g/mol. The summed E-state index contributed by atoms with van der Waals surface area (Å²) in [6, 6.07) is 9.55. The van der Waals surface area contributed by atoms with Gasteiger partial charge in [0.05, 0.1) is 12.3 Å². The van der Waals surface area contributed by atoms with Crippen LogP contribution in [0.15, 0.2) is 35.1 Å². The van der Waals surface area contributed by atoms with E-state index in [0.717, 1.165) is 30.5 Å². The van der Waals surface area contributed by atoms with Gasteiger partial charge in [-0.15, -0.1) is 0 Å². The molecular formula is C21H27N3O3. The van der Waals surface area contributed by atoms with Crippen LogP contribution in [-0.4, -0.2) is 40.4 Å². The van der Waals surface area contributed by atoms with E-state index < -0.39 is 0 Å². The van der Waals surface area contributed by atoms with E-state index in [1.165, 1.54) is 17.2 Å². The van der Waals surface area contributed by atoms with Gasteiger partial charge in [0.25, 0.3) is 5.56 Å². The Morgan fingerprint density at radius 1 is 1.26 bits per heavy atom. The number of hydrogen-bond donors (Lipinski definition) is 1. The number of hydrogen-bond acceptors (Lipinski definition) is 4. The molecule has 0 radical (unpaired) electrons. The normalized spacial score (nSPS) is 15.6. The van der Waals surface area contributed by atoms with Gasteiger partial charge in [-0.05, 0) is 48.4 Å². The van der Waals surface area contributed by atoms with Gasteiger partial charge in [-0.2, -0.15) is 5.10 Å². The van der Waals surface area contributed by atoms with Gasteiger partial charge in [0.1, 0.15) is 0 Å². The Kier molecular flexibility index (Phi) is 5.94.